The Labute approximate surface area is 155 Å². The second-order valence-electron chi connectivity index (χ2n) is 7.33. The number of rotatable bonds is 6. The Hall–Kier alpha value is -1.47. The molecule has 2 heterocycles. The fourth-order valence-corrected chi connectivity index (χ4v) is 4.64. The maximum Gasteiger partial charge on any atom is 0.410 e. The fraction of sp³-hybridized carbons (Fsp3) is 0.667. The number of hydrogen-bond donors (Lipinski definition) is 0. The average Bonchev–Trinajstić information content (AvgIpc) is 3.20. The van der Waals surface area contributed by atoms with Gasteiger partial charge in [-0.2, -0.15) is 0 Å². The first kappa shape index (κ1) is 18.3. The van der Waals surface area contributed by atoms with Gasteiger partial charge in [0.25, 0.3) is 0 Å². The molecule has 136 valence electrons. The van der Waals surface area contributed by atoms with E-state index in [-0.39, 0.29) is 12.1 Å². The van der Waals surface area contributed by atoms with Gasteiger partial charge in [0.15, 0.2) is 0 Å². The summed E-state index contributed by atoms with van der Waals surface area (Å²) >= 11 is 1.75. The summed E-state index contributed by atoms with van der Waals surface area (Å²) in [5.41, 5.74) is 0. The van der Waals surface area contributed by atoms with Crippen LogP contribution < -0.4 is 0 Å². The van der Waals surface area contributed by atoms with Gasteiger partial charge >= 0.3 is 6.09 Å². The van der Waals surface area contributed by atoms with Crippen LogP contribution in [0.15, 0.2) is 12.1 Å². The monoisotopic (exact) mass is 359 g/mol. The number of thiophene rings is 1. The summed E-state index contributed by atoms with van der Waals surface area (Å²) in [6.45, 7) is 3.28. The Morgan fingerprint density at radius 1 is 1.28 bits per heavy atom. The van der Waals surface area contributed by atoms with Crippen LogP contribution in [0.25, 0.3) is 0 Å². The van der Waals surface area contributed by atoms with Crippen molar-refractivity contribution in [2.24, 2.45) is 5.92 Å². The number of unbranched alkanes of at least 4 members (excludes halogenated alkanes) is 1. The highest BCUT2D eigenvalue weighted by Crippen LogP contribution is 2.27. The van der Waals surface area contributed by atoms with E-state index in [9.17, 15) is 4.79 Å². The van der Waals surface area contributed by atoms with Gasteiger partial charge in [-0.1, -0.05) is 43.9 Å². The Morgan fingerprint density at radius 3 is 2.88 bits per heavy atom. The largest absolute Gasteiger partial charge is 0.447 e. The highest BCUT2D eigenvalue weighted by molar-refractivity contribution is 7.12. The van der Waals surface area contributed by atoms with Crippen molar-refractivity contribution < 1.29 is 9.53 Å². The van der Waals surface area contributed by atoms with Crippen LogP contribution in [0.1, 0.15) is 68.0 Å². The highest BCUT2D eigenvalue weighted by Gasteiger charge is 2.28. The zero-order valence-electron chi connectivity index (χ0n) is 15.3. The number of cyclic esters (lactones) is 1. The molecule has 3 nitrogen and oxygen atoms in total. The molecule has 1 aliphatic heterocycles. The van der Waals surface area contributed by atoms with Crippen LogP contribution in [0.4, 0.5) is 4.79 Å². The summed E-state index contributed by atoms with van der Waals surface area (Å²) in [7, 11) is 0. The van der Waals surface area contributed by atoms with Crippen LogP contribution in [0.2, 0.25) is 0 Å². The Morgan fingerprint density at radius 2 is 2.12 bits per heavy atom. The third-order valence-electron chi connectivity index (χ3n) is 5.33. The minimum absolute atomic E-state index is 0.179. The molecule has 0 N–H and O–H groups in total. The van der Waals surface area contributed by atoms with E-state index in [1.807, 2.05) is 11.8 Å². The van der Waals surface area contributed by atoms with Gasteiger partial charge in [-0.25, -0.2) is 4.79 Å². The van der Waals surface area contributed by atoms with E-state index >= 15 is 0 Å². The van der Waals surface area contributed by atoms with E-state index in [0.717, 1.165) is 30.2 Å². The molecule has 1 amide bonds. The number of amides is 1. The molecule has 1 aliphatic carbocycles. The lowest BCUT2D eigenvalue weighted by molar-refractivity contribution is 0.158. The van der Waals surface area contributed by atoms with Gasteiger partial charge in [0.05, 0.1) is 10.9 Å². The quantitative estimate of drug-likeness (QED) is 0.514. The summed E-state index contributed by atoms with van der Waals surface area (Å²) in [6.07, 6.45) is 11.5. The van der Waals surface area contributed by atoms with Gasteiger partial charge in [-0.15, -0.1) is 11.3 Å². The van der Waals surface area contributed by atoms with E-state index in [2.05, 4.69) is 24.0 Å². The minimum Gasteiger partial charge on any atom is -0.447 e. The Balaban J connectivity index is 1.37. The molecule has 2 fully saturated rings. The second-order valence-corrected chi connectivity index (χ2v) is 8.50. The van der Waals surface area contributed by atoms with E-state index in [4.69, 9.17) is 4.74 Å². The summed E-state index contributed by atoms with van der Waals surface area (Å²) in [5.74, 6) is 7.62. The van der Waals surface area contributed by atoms with Crippen LogP contribution >= 0.6 is 11.3 Å². The zero-order chi connectivity index (χ0) is 17.5. The lowest BCUT2D eigenvalue weighted by atomic mass is 9.86. The second kappa shape index (κ2) is 9.29. The van der Waals surface area contributed by atoms with Crippen molar-refractivity contribution in [3.05, 3.63) is 21.9 Å². The van der Waals surface area contributed by atoms with Crippen LogP contribution in [-0.2, 0) is 11.2 Å². The van der Waals surface area contributed by atoms with Gasteiger partial charge in [0.1, 0.15) is 6.61 Å². The summed E-state index contributed by atoms with van der Waals surface area (Å²) in [5, 5.41) is 0. The Kier molecular flexibility index (Phi) is 6.81. The molecule has 0 spiro atoms. The third-order valence-corrected chi connectivity index (χ3v) is 6.39. The van der Waals surface area contributed by atoms with Gasteiger partial charge in [0, 0.05) is 17.8 Å². The predicted molar refractivity (Wildman–Crippen MR) is 103 cm³/mol. The molecule has 0 bridgehead atoms. The maximum absolute atomic E-state index is 11.6. The predicted octanol–water partition coefficient (Wildman–Crippen LogP) is 5.23. The molecule has 1 saturated carbocycles. The van der Waals surface area contributed by atoms with Crippen molar-refractivity contribution in [2.75, 3.05) is 13.2 Å². The van der Waals surface area contributed by atoms with Crippen LogP contribution in [-0.4, -0.2) is 30.2 Å². The molecule has 1 aromatic heterocycles. The van der Waals surface area contributed by atoms with Crippen molar-refractivity contribution >= 4 is 17.4 Å². The molecule has 0 radical (unpaired) electrons. The molecule has 0 unspecified atom stereocenters. The first-order chi connectivity index (χ1) is 12.2. The van der Waals surface area contributed by atoms with E-state index in [1.165, 1.54) is 49.8 Å². The molecule has 25 heavy (non-hydrogen) atoms. The average molecular weight is 360 g/mol. The van der Waals surface area contributed by atoms with Gasteiger partial charge < -0.3 is 9.64 Å². The number of nitrogens with zero attached hydrogens (tertiary/aromatic N) is 1. The van der Waals surface area contributed by atoms with Crippen molar-refractivity contribution in [2.45, 2.75) is 70.8 Å². The van der Waals surface area contributed by atoms with E-state index in [1.54, 1.807) is 11.3 Å². The molecule has 1 saturated heterocycles. The fourth-order valence-electron chi connectivity index (χ4n) is 3.77. The smallest absolute Gasteiger partial charge is 0.410 e. The molecule has 1 atom stereocenters. The number of hydrogen-bond acceptors (Lipinski definition) is 3. The lowest BCUT2D eigenvalue weighted by Crippen LogP contribution is -2.32. The topological polar surface area (TPSA) is 29.5 Å². The van der Waals surface area contributed by atoms with Gasteiger partial charge in [-0.05, 0) is 44.2 Å². The maximum atomic E-state index is 11.6. The SMILES string of the molecule is C[C@@H]1COC(=O)N1CCc1ccc(C#CCCCC2CCCCC2)s1. The van der Waals surface area contributed by atoms with E-state index < -0.39 is 0 Å². The lowest BCUT2D eigenvalue weighted by Gasteiger charge is -2.20. The van der Waals surface area contributed by atoms with E-state index in [0.29, 0.717) is 6.61 Å². The van der Waals surface area contributed by atoms with Crippen LogP contribution in [0.5, 0.6) is 0 Å². The standard InChI is InChI=1S/C21H29NO2S/c1-17-16-24-21(23)22(17)15-14-20-13-12-19(25-20)11-7-3-6-10-18-8-4-2-5-9-18/h12-13,17-18H,2-6,8-10,14-16H2,1H3/t17-/m1/s1. The number of carbonyl (C=O) groups is 1. The van der Waals surface area contributed by atoms with Crippen molar-refractivity contribution in [1.29, 1.82) is 0 Å². The minimum atomic E-state index is -0.179. The zero-order valence-corrected chi connectivity index (χ0v) is 16.1. The summed E-state index contributed by atoms with van der Waals surface area (Å²) in [4.78, 5) is 15.9. The number of ether oxygens (including phenoxy) is 1. The third kappa shape index (κ3) is 5.51. The van der Waals surface area contributed by atoms with Gasteiger partial charge in [-0.3, -0.25) is 0 Å². The summed E-state index contributed by atoms with van der Waals surface area (Å²) < 4.78 is 5.06. The molecular weight excluding hydrogens is 330 g/mol. The molecule has 2 aliphatic rings. The number of carbonyl (C=O) groups excluding carboxylic acids is 1. The molecule has 0 aromatic carbocycles. The first-order valence-corrected chi connectivity index (χ1v) is 10.5. The van der Waals surface area contributed by atoms with Crippen molar-refractivity contribution in [3.8, 4) is 11.8 Å². The highest BCUT2D eigenvalue weighted by atomic mass is 32.1. The summed E-state index contributed by atoms with van der Waals surface area (Å²) in [6, 6.07) is 4.44. The normalized spacial score (nSPS) is 21.1. The van der Waals surface area contributed by atoms with Crippen LogP contribution in [0.3, 0.4) is 0 Å². The molecule has 3 rings (SSSR count). The molecular formula is C21H29NO2S. The molecule has 1 aromatic rings. The Bertz CT molecular complexity index is 621. The van der Waals surface area contributed by atoms with Gasteiger partial charge in [0.2, 0.25) is 0 Å². The van der Waals surface area contributed by atoms with Crippen molar-refractivity contribution in [3.63, 3.8) is 0 Å². The first-order valence-electron chi connectivity index (χ1n) is 9.73. The molecule has 4 heteroatoms. The van der Waals surface area contributed by atoms with Crippen molar-refractivity contribution in [1.82, 2.24) is 4.90 Å². The van der Waals surface area contributed by atoms with Crippen LogP contribution in [0, 0.1) is 17.8 Å².